The number of carbonyl (C=O) groups is 3. The second kappa shape index (κ2) is 13.6. The van der Waals surface area contributed by atoms with Crippen LogP contribution in [0.3, 0.4) is 0 Å². The Labute approximate surface area is 253 Å². The van der Waals surface area contributed by atoms with Crippen molar-refractivity contribution in [3.8, 4) is 5.75 Å². The molecule has 0 aliphatic carbocycles. The molecule has 0 fully saturated rings. The van der Waals surface area contributed by atoms with Gasteiger partial charge in [0, 0.05) is 39.1 Å². The van der Waals surface area contributed by atoms with Gasteiger partial charge in [-0.05, 0) is 73.0 Å². The average molecular weight is 591 g/mol. The van der Waals surface area contributed by atoms with E-state index >= 15 is 0 Å². The third kappa shape index (κ3) is 7.52. The molecule has 0 aliphatic rings. The first-order valence-corrected chi connectivity index (χ1v) is 14.4. The second-order valence-electron chi connectivity index (χ2n) is 9.63. The number of ether oxygens (including phenoxy) is 1. The number of fused-ring (bicyclic) bond motifs is 1. The van der Waals surface area contributed by atoms with Gasteiger partial charge >= 0.3 is 0 Å². The first kappa shape index (κ1) is 29.2. The van der Waals surface area contributed by atoms with Crippen LogP contribution in [0.1, 0.15) is 22.8 Å². The van der Waals surface area contributed by atoms with Crippen molar-refractivity contribution in [1.29, 1.82) is 0 Å². The minimum atomic E-state index is -0.511. The molecule has 4 aromatic carbocycles. The van der Waals surface area contributed by atoms with Gasteiger partial charge in [-0.2, -0.15) is 0 Å². The summed E-state index contributed by atoms with van der Waals surface area (Å²) in [6, 6.07) is 30.8. The van der Waals surface area contributed by atoms with Gasteiger partial charge in [0.05, 0.1) is 12.4 Å². The van der Waals surface area contributed by atoms with E-state index in [1.165, 1.54) is 11.8 Å². The number of H-pyrrole nitrogens is 1. The van der Waals surface area contributed by atoms with Crippen LogP contribution in [0.4, 0.5) is 11.4 Å². The Morgan fingerprint density at radius 3 is 2.42 bits per heavy atom. The molecule has 5 rings (SSSR count). The third-order valence-electron chi connectivity index (χ3n) is 6.56. The quantitative estimate of drug-likeness (QED) is 0.107. The number of thioether (sulfide) groups is 1. The lowest BCUT2D eigenvalue weighted by atomic mass is 10.1. The summed E-state index contributed by atoms with van der Waals surface area (Å²) in [6.07, 6.45) is 3.43. The normalized spacial score (nSPS) is 11.9. The Morgan fingerprint density at radius 1 is 0.837 bits per heavy atom. The van der Waals surface area contributed by atoms with Gasteiger partial charge in [0.1, 0.15) is 11.4 Å². The van der Waals surface area contributed by atoms with Crippen LogP contribution < -0.4 is 20.7 Å². The standard InChI is InChI=1S/C34H30N4O4S/c1-22(32(39)36-27-16-15-23-17-18-35-29(23)21-27)43-28-13-8-12-26(20-28)37-34(41)30(19-25-11-6-7-14-31(25)42-2)38-33(40)24-9-4-3-5-10-24/h3-22,35H,1-2H3,(H,36,39)(H,37,41)(H,38,40)/b30-19+. The van der Waals surface area contributed by atoms with E-state index in [4.69, 9.17) is 4.74 Å². The van der Waals surface area contributed by atoms with E-state index in [-0.39, 0.29) is 11.6 Å². The number of carbonyl (C=O) groups excluding carboxylic acids is 3. The molecule has 1 aromatic heterocycles. The second-order valence-corrected chi connectivity index (χ2v) is 11.0. The van der Waals surface area contributed by atoms with Crippen LogP contribution in [0.2, 0.25) is 0 Å². The van der Waals surface area contributed by atoms with Gasteiger partial charge < -0.3 is 25.7 Å². The molecule has 216 valence electrons. The lowest BCUT2D eigenvalue weighted by Gasteiger charge is -2.14. The zero-order valence-corrected chi connectivity index (χ0v) is 24.4. The van der Waals surface area contributed by atoms with Crippen molar-refractivity contribution in [1.82, 2.24) is 10.3 Å². The van der Waals surface area contributed by atoms with Crippen LogP contribution >= 0.6 is 11.8 Å². The zero-order chi connectivity index (χ0) is 30.2. The predicted octanol–water partition coefficient (Wildman–Crippen LogP) is 6.71. The Morgan fingerprint density at radius 2 is 1.60 bits per heavy atom. The molecule has 1 unspecified atom stereocenters. The number of aromatic amines is 1. The number of hydrogen-bond acceptors (Lipinski definition) is 5. The number of nitrogens with one attached hydrogen (secondary N) is 4. The number of aromatic nitrogens is 1. The van der Waals surface area contributed by atoms with E-state index in [9.17, 15) is 14.4 Å². The third-order valence-corrected chi connectivity index (χ3v) is 7.66. The van der Waals surface area contributed by atoms with Crippen molar-refractivity contribution in [3.63, 3.8) is 0 Å². The van der Waals surface area contributed by atoms with Crippen molar-refractivity contribution in [2.45, 2.75) is 17.1 Å². The van der Waals surface area contributed by atoms with Crippen LogP contribution in [0.5, 0.6) is 5.75 Å². The molecule has 0 saturated heterocycles. The molecule has 4 N–H and O–H groups in total. The van der Waals surface area contributed by atoms with E-state index in [0.717, 1.165) is 15.8 Å². The molecule has 43 heavy (non-hydrogen) atoms. The number of para-hydroxylation sites is 1. The highest BCUT2D eigenvalue weighted by Gasteiger charge is 2.18. The maximum absolute atomic E-state index is 13.5. The fourth-order valence-electron chi connectivity index (χ4n) is 4.36. The van der Waals surface area contributed by atoms with Gasteiger partial charge in [0.25, 0.3) is 11.8 Å². The molecule has 9 heteroatoms. The van der Waals surface area contributed by atoms with Crippen molar-refractivity contribution in [3.05, 3.63) is 126 Å². The van der Waals surface area contributed by atoms with Crippen LogP contribution in [0, 0.1) is 0 Å². The summed E-state index contributed by atoms with van der Waals surface area (Å²) in [7, 11) is 1.54. The lowest BCUT2D eigenvalue weighted by molar-refractivity contribution is -0.115. The lowest BCUT2D eigenvalue weighted by Crippen LogP contribution is -2.30. The molecule has 5 aromatic rings. The summed E-state index contributed by atoms with van der Waals surface area (Å²) in [6.45, 7) is 1.83. The highest BCUT2D eigenvalue weighted by atomic mass is 32.2. The average Bonchev–Trinajstić information content (AvgIpc) is 3.49. The maximum Gasteiger partial charge on any atom is 0.272 e. The molecule has 0 spiro atoms. The van der Waals surface area contributed by atoms with Crippen LogP contribution in [0.25, 0.3) is 17.0 Å². The monoisotopic (exact) mass is 590 g/mol. The number of anilines is 2. The molecule has 3 amide bonds. The summed E-state index contributed by atoms with van der Waals surface area (Å²) in [4.78, 5) is 43.3. The molecular weight excluding hydrogens is 560 g/mol. The number of hydrogen-bond donors (Lipinski definition) is 4. The number of amides is 3. The minimum Gasteiger partial charge on any atom is -0.496 e. The Balaban J connectivity index is 1.30. The molecule has 0 bridgehead atoms. The molecule has 0 radical (unpaired) electrons. The van der Waals surface area contributed by atoms with Crippen molar-refractivity contribution in [2.75, 3.05) is 17.7 Å². The first-order chi connectivity index (χ1) is 20.9. The van der Waals surface area contributed by atoms with Gasteiger partial charge in [0.15, 0.2) is 0 Å². The summed E-state index contributed by atoms with van der Waals surface area (Å²) < 4.78 is 5.43. The largest absolute Gasteiger partial charge is 0.496 e. The highest BCUT2D eigenvalue weighted by molar-refractivity contribution is 8.00. The molecular formula is C34H30N4O4S. The number of methoxy groups -OCH3 is 1. The fourth-order valence-corrected chi connectivity index (χ4v) is 5.28. The van der Waals surface area contributed by atoms with Gasteiger partial charge in [-0.15, -0.1) is 11.8 Å². The number of rotatable bonds is 10. The van der Waals surface area contributed by atoms with Gasteiger partial charge in [-0.25, -0.2) is 0 Å². The highest BCUT2D eigenvalue weighted by Crippen LogP contribution is 2.28. The molecule has 0 aliphatic heterocycles. The van der Waals surface area contributed by atoms with Crippen LogP contribution in [-0.4, -0.2) is 35.1 Å². The van der Waals surface area contributed by atoms with Gasteiger partial charge in [-0.3, -0.25) is 14.4 Å². The molecule has 1 heterocycles. The van der Waals surface area contributed by atoms with Gasteiger partial charge in [-0.1, -0.05) is 48.5 Å². The topological polar surface area (TPSA) is 112 Å². The van der Waals surface area contributed by atoms with Crippen LogP contribution in [0.15, 0.2) is 120 Å². The van der Waals surface area contributed by atoms with Crippen molar-refractivity contribution in [2.24, 2.45) is 0 Å². The maximum atomic E-state index is 13.5. The summed E-state index contributed by atoms with van der Waals surface area (Å²) >= 11 is 1.37. The Kier molecular flexibility index (Phi) is 9.23. The van der Waals surface area contributed by atoms with E-state index < -0.39 is 17.1 Å². The number of benzene rings is 4. The minimum absolute atomic E-state index is 0.0446. The first-order valence-electron chi connectivity index (χ1n) is 13.6. The van der Waals surface area contributed by atoms with Crippen molar-refractivity contribution >= 4 is 57.8 Å². The predicted molar refractivity (Wildman–Crippen MR) is 172 cm³/mol. The fraction of sp³-hybridized carbons (Fsp3) is 0.0882. The summed E-state index contributed by atoms with van der Waals surface area (Å²) in [5.74, 6) is -0.518. The summed E-state index contributed by atoms with van der Waals surface area (Å²) in [5, 5.41) is 9.24. The van der Waals surface area contributed by atoms with E-state index in [2.05, 4.69) is 20.9 Å². The Hall–Kier alpha value is -5.28. The Bertz CT molecular complexity index is 1800. The van der Waals surface area contributed by atoms with E-state index in [1.807, 2.05) is 61.7 Å². The van der Waals surface area contributed by atoms with E-state index in [1.54, 1.807) is 67.8 Å². The van der Waals surface area contributed by atoms with Crippen LogP contribution in [-0.2, 0) is 9.59 Å². The van der Waals surface area contributed by atoms with Crippen molar-refractivity contribution < 1.29 is 19.1 Å². The molecule has 1 atom stereocenters. The van der Waals surface area contributed by atoms with Gasteiger partial charge in [0.2, 0.25) is 5.91 Å². The molecule has 8 nitrogen and oxygen atoms in total. The SMILES string of the molecule is COc1ccccc1/C=C(/NC(=O)c1ccccc1)C(=O)Nc1cccc(SC(C)C(=O)Nc2ccc3cc[nH]c3c2)c1. The molecule has 0 saturated carbocycles. The smallest absolute Gasteiger partial charge is 0.272 e. The summed E-state index contributed by atoms with van der Waals surface area (Å²) in [5.41, 5.74) is 3.26. The zero-order valence-electron chi connectivity index (χ0n) is 23.6. The van der Waals surface area contributed by atoms with E-state index in [0.29, 0.717) is 28.3 Å².